The Morgan fingerprint density at radius 2 is 1.59 bits per heavy atom. The number of amides is 2. The Labute approximate surface area is 175 Å². The first-order valence-corrected chi connectivity index (χ1v) is 10.4. The molecule has 0 unspecified atom stereocenters. The lowest BCUT2D eigenvalue weighted by Crippen LogP contribution is -2.15. The molecule has 0 aliphatic heterocycles. The van der Waals surface area contributed by atoms with Crippen molar-refractivity contribution in [3.05, 3.63) is 89.0 Å². The van der Waals surface area contributed by atoms with Crippen LogP contribution in [0.25, 0.3) is 0 Å². The third-order valence-electron chi connectivity index (χ3n) is 4.41. The monoisotopic (exact) mass is 404 g/mol. The van der Waals surface area contributed by atoms with Gasteiger partial charge >= 0.3 is 0 Å². The van der Waals surface area contributed by atoms with Gasteiger partial charge in [0.15, 0.2) is 0 Å². The SMILES string of the molecule is Cc1cccc(C(=O)Nc2cccc(SCC(=O)Nc3cc(C)ccc3C)c2)c1. The molecule has 0 bridgehead atoms. The summed E-state index contributed by atoms with van der Waals surface area (Å²) >= 11 is 1.43. The molecular formula is C24H24N2O2S. The van der Waals surface area contributed by atoms with Gasteiger partial charge in [-0.15, -0.1) is 11.8 Å². The van der Waals surface area contributed by atoms with Gasteiger partial charge in [0.1, 0.15) is 0 Å². The lowest BCUT2D eigenvalue weighted by molar-refractivity contribution is -0.113. The summed E-state index contributed by atoms with van der Waals surface area (Å²) in [6.45, 7) is 5.93. The van der Waals surface area contributed by atoms with Gasteiger partial charge in [0.2, 0.25) is 5.91 Å². The van der Waals surface area contributed by atoms with Crippen LogP contribution < -0.4 is 10.6 Å². The van der Waals surface area contributed by atoms with Crippen molar-refractivity contribution in [3.8, 4) is 0 Å². The number of hydrogen-bond acceptors (Lipinski definition) is 3. The van der Waals surface area contributed by atoms with E-state index < -0.39 is 0 Å². The first-order chi connectivity index (χ1) is 13.9. The topological polar surface area (TPSA) is 58.2 Å². The van der Waals surface area contributed by atoms with E-state index in [-0.39, 0.29) is 11.8 Å². The van der Waals surface area contributed by atoms with Crippen LogP contribution in [0.15, 0.2) is 71.6 Å². The molecule has 0 saturated heterocycles. The number of carbonyl (C=O) groups is 2. The maximum Gasteiger partial charge on any atom is 0.255 e. The average Bonchev–Trinajstić information content (AvgIpc) is 2.69. The average molecular weight is 405 g/mol. The molecule has 3 aromatic carbocycles. The van der Waals surface area contributed by atoms with Crippen LogP contribution in [0, 0.1) is 20.8 Å². The first-order valence-electron chi connectivity index (χ1n) is 9.39. The summed E-state index contributed by atoms with van der Waals surface area (Å²) in [7, 11) is 0. The molecule has 0 radical (unpaired) electrons. The smallest absolute Gasteiger partial charge is 0.255 e. The minimum absolute atomic E-state index is 0.0575. The zero-order valence-electron chi connectivity index (χ0n) is 16.8. The Morgan fingerprint density at radius 1 is 0.828 bits per heavy atom. The quantitative estimate of drug-likeness (QED) is 0.526. The highest BCUT2D eigenvalue weighted by atomic mass is 32.2. The number of nitrogens with one attached hydrogen (secondary N) is 2. The summed E-state index contributed by atoms with van der Waals surface area (Å²) < 4.78 is 0. The molecule has 4 nitrogen and oxygen atoms in total. The van der Waals surface area contributed by atoms with Gasteiger partial charge in [-0.1, -0.05) is 35.9 Å². The van der Waals surface area contributed by atoms with Crippen molar-refractivity contribution in [2.45, 2.75) is 25.7 Å². The van der Waals surface area contributed by atoms with E-state index in [1.165, 1.54) is 11.8 Å². The maximum atomic E-state index is 12.4. The summed E-state index contributed by atoms with van der Waals surface area (Å²) in [6.07, 6.45) is 0. The fourth-order valence-corrected chi connectivity index (χ4v) is 3.61. The van der Waals surface area contributed by atoms with Crippen molar-refractivity contribution < 1.29 is 9.59 Å². The van der Waals surface area contributed by atoms with Crippen LogP contribution in [0.1, 0.15) is 27.0 Å². The molecule has 5 heteroatoms. The summed E-state index contributed by atoms with van der Waals surface area (Å²) in [4.78, 5) is 25.7. The second-order valence-electron chi connectivity index (χ2n) is 7.01. The van der Waals surface area contributed by atoms with Crippen LogP contribution in [0.3, 0.4) is 0 Å². The van der Waals surface area contributed by atoms with E-state index in [1.54, 1.807) is 6.07 Å². The maximum absolute atomic E-state index is 12.4. The number of thioether (sulfide) groups is 1. The number of benzene rings is 3. The van der Waals surface area contributed by atoms with Crippen molar-refractivity contribution >= 4 is 35.0 Å². The molecule has 3 aromatic rings. The van der Waals surface area contributed by atoms with Crippen molar-refractivity contribution in [2.75, 3.05) is 16.4 Å². The summed E-state index contributed by atoms with van der Waals surface area (Å²) in [5, 5.41) is 5.88. The largest absolute Gasteiger partial charge is 0.325 e. The van der Waals surface area contributed by atoms with Crippen LogP contribution in [-0.4, -0.2) is 17.6 Å². The zero-order chi connectivity index (χ0) is 20.8. The fourth-order valence-electron chi connectivity index (χ4n) is 2.86. The Bertz CT molecular complexity index is 1050. The number of hydrogen-bond donors (Lipinski definition) is 2. The normalized spacial score (nSPS) is 10.4. The van der Waals surface area contributed by atoms with Gasteiger partial charge in [-0.25, -0.2) is 0 Å². The molecule has 0 saturated carbocycles. The third-order valence-corrected chi connectivity index (χ3v) is 5.40. The molecule has 0 spiro atoms. The Kier molecular flexibility index (Phi) is 6.73. The molecule has 2 N–H and O–H groups in total. The van der Waals surface area contributed by atoms with E-state index in [1.807, 2.05) is 81.4 Å². The number of rotatable bonds is 6. The highest BCUT2D eigenvalue weighted by Gasteiger charge is 2.09. The van der Waals surface area contributed by atoms with Crippen molar-refractivity contribution in [1.29, 1.82) is 0 Å². The lowest BCUT2D eigenvalue weighted by atomic mass is 10.1. The van der Waals surface area contributed by atoms with Gasteiger partial charge in [0, 0.05) is 21.8 Å². The molecule has 0 heterocycles. The molecule has 0 aliphatic rings. The second kappa shape index (κ2) is 9.43. The number of anilines is 2. The van der Waals surface area contributed by atoms with E-state index in [4.69, 9.17) is 0 Å². The van der Waals surface area contributed by atoms with Crippen molar-refractivity contribution in [2.24, 2.45) is 0 Å². The summed E-state index contributed by atoms with van der Waals surface area (Å²) in [5.74, 6) is 0.0873. The molecule has 0 atom stereocenters. The van der Waals surface area contributed by atoms with Gasteiger partial charge in [-0.3, -0.25) is 9.59 Å². The number of carbonyl (C=O) groups excluding carboxylic acids is 2. The highest BCUT2D eigenvalue weighted by molar-refractivity contribution is 8.00. The van der Waals surface area contributed by atoms with E-state index in [0.717, 1.165) is 27.3 Å². The minimum atomic E-state index is -0.150. The first kappa shape index (κ1) is 20.7. The van der Waals surface area contributed by atoms with Gasteiger partial charge in [0.05, 0.1) is 5.75 Å². The fraction of sp³-hybridized carbons (Fsp3) is 0.167. The molecular weight excluding hydrogens is 380 g/mol. The molecule has 29 heavy (non-hydrogen) atoms. The van der Waals surface area contributed by atoms with Crippen LogP contribution >= 0.6 is 11.8 Å². The van der Waals surface area contributed by atoms with Crippen LogP contribution in [0.2, 0.25) is 0 Å². The molecule has 0 fully saturated rings. The van der Waals surface area contributed by atoms with E-state index in [0.29, 0.717) is 17.0 Å². The number of aryl methyl sites for hydroxylation is 3. The van der Waals surface area contributed by atoms with Crippen molar-refractivity contribution in [1.82, 2.24) is 0 Å². The molecule has 3 rings (SSSR count). The molecule has 2 amide bonds. The van der Waals surface area contributed by atoms with Gasteiger partial charge in [0.25, 0.3) is 5.91 Å². The predicted molar refractivity (Wildman–Crippen MR) is 121 cm³/mol. The van der Waals surface area contributed by atoms with E-state index in [2.05, 4.69) is 10.6 Å². The Balaban J connectivity index is 1.59. The van der Waals surface area contributed by atoms with Gasteiger partial charge in [-0.2, -0.15) is 0 Å². The van der Waals surface area contributed by atoms with Crippen LogP contribution in [0.4, 0.5) is 11.4 Å². The highest BCUT2D eigenvalue weighted by Crippen LogP contribution is 2.23. The zero-order valence-corrected chi connectivity index (χ0v) is 17.6. The standard InChI is InChI=1S/C24H24N2O2S/c1-16-6-4-7-19(12-16)24(28)25-20-8-5-9-21(14-20)29-15-23(27)26-22-13-17(2)10-11-18(22)3/h4-14H,15H2,1-3H3,(H,25,28)(H,26,27). The third kappa shape index (κ3) is 5.96. The van der Waals surface area contributed by atoms with Gasteiger partial charge in [-0.05, 0) is 68.3 Å². The molecule has 0 aliphatic carbocycles. The Morgan fingerprint density at radius 3 is 2.38 bits per heavy atom. The summed E-state index contributed by atoms with van der Waals surface area (Å²) in [6, 6.07) is 21.0. The second-order valence-corrected chi connectivity index (χ2v) is 8.06. The van der Waals surface area contributed by atoms with Crippen molar-refractivity contribution in [3.63, 3.8) is 0 Å². The minimum Gasteiger partial charge on any atom is -0.325 e. The Hall–Kier alpha value is -3.05. The van der Waals surface area contributed by atoms with Crippen LogP contribution in [0.5, 0.6) is 0 Å². The predicted octanol–water partition coefficient (Wildman–Crippen LogP) is 5.59. The van der Waals surface area contributed by atoms with Gasteiger partial charge < -0.3 is 10.6 Å². The van der Waals surface area contributed by atoms with E-state index in [9.17, 15) is 9.59 Å². The lowest BCUT2D eigenvalue weighted by Gasteiger charge is -2.10. The van der Waals surface area contributed by atoms with E-state index >= 15 is 0 Å². The molecule has 148 valence electrons. The molecule has 0 aromatic heterocycles. The van der Waals surface area contributed by atoms with Crippen LogP contribution in [-0.2, 0) is 4.79 Å². The summed E-state index contributed by atoms with van der Waals surface area (Å²) in [5.41, 5.74) is 5.35.